The fourth-order valence-corrected chi connectivity index (χ4v) is 13.1. The van der Waals surface area contributed by atoms with Crippen LogP contribution in [-0.2, 0) is 50.6 Å². The van der Waals surface area contributed by atoms with Gasteiger partial charge in [0.05, 0.1) is 38.7 Å². The molecule has 10 atom stereocenters. The van der Waals surface area contributed by atoms with Crippen molar-refractivity contribution in [1.29, 1.82) is 0 Å². The summed E-state index contributed by atoms with van der Waals surface area (Å²) in [4.78, 5) is 66.0. The predicted molar refractivity (Wildman–Crippen MR) is 227 cm³/mol. The average molecular weight is 841 g/mol. The Kier molecular flexibility index (Phi) is 10.7. The number of aromatic nitrogens is 1. The summed E-state index contributed by atoms with van der Waals surface area (Å²) < 4.78 is 23.6. The molecule has 1 aliphatic carbocycles. The second-order valence-corrected chi connectivity index (χ2v) is 18.0. The molecule has 0 radical (unpaired) electrons. The maximum Gasteiger partial charge on any atom is 0.344 e. The smallest absolute Gasteiger partial charge is 0.344 e. The summed E-state index contributed by atoms with van der Waals surface area (Å²) in [5.74, 6) is -2.68. The summed E-state index contributed by atoms with van der Waals surface area (Å²) in [6.45, 7) is 8.26. The number of para-hydroxylation sites is 1. The van der Waals surface area contributed by atoms with Gasteiger partial charge in [-0.3, -0.25) is 24.2 Å². The number of nitrogens with zero attached hydrogens (tertiary/aromatic N) is 3. The number of anilines is 1. The Morgan fingerprint density at radius 1 is 1.00 bits per heavy atom. The monoisotopic (exact) mass is 840 g/mol. The van der Waals surface area contributed by atoms with E-state index < -0.39 is 64.0 Å². The number of esters is 3. The Labute approximate surface area is 357 Å². The number of rotatable bonds is 8. The number of piperidine rings is 1. The Hall–Kier alpha value is -4.76. The molecule has 5 aliphatic heterocycles. The normalized spacial score (nSPS) is 34.8. The molecular formula is C47H60N4O10. The standard InChI is InChI=1S/C46H56N4O10.CH4/c1-7-28-13-17-49-18-15-44-31-19-32(35(57-4)20-34(31)50(25-51)40(44)46(56,42(54)59-6)39(60-26(3)52)36(28)38(44)49)45(41(53)58-5)22-27-21-43(55,8-2)24-48(23-27)16-14-30-29-11-9-10-12-33(29)47-37(30)45;/h9-13,19-20,25,27,36,38-40,47,55-56H,7-8,14-18,21-24H2,1-6H3;1H4/t27?,36?,38-,39+,40?,43?,44+,45-,46+;/m0./s1. The highest BCUT2D eigenvalue weighted by atomic mass is 16.6. The van der Waals surface area contributed by atoms with E-state index >= 15 is 4.79 Å². The number of methoxy groups -OCH3 is 3. The summed E-state index contributed by atoms with van der Waals surface area (Å²) >= 11 is 0. The number of hydrogen-bond acceptors (Lipinski definition) is 12. The Morgan fingerprint density at radius 3 is 2.43 bits per heavy atom. The molecule has 2 aromatic carbocycles. The van der Waals surface area contributed by atoms with E-state index in [2.05, 4.69) is 26.9 Å². The molecule has 328 valence electrons. The van der Waals surface area contributed by atoms with Crippen molar-refractivity contribution in [2.75, 3.05) is 59.0 Å². The van der Waals surface area contributed by atoms with Crippen LogP contribution in [0.2, 0.25) is 0 Å². The summed E-state index contributed by atoms with van der Waals surface area (Å²) in [6.07, 6.45) is 4.22. The molecule has 9 rings (SSSR count). The number of H-pyrrole nitrogens is 1. The van der Waals surface area contributed by atoms with E-state index in [1.54, 1.807) is 6.07 Å². The number of aliphatic hydroxyl groups is 2. The number of carbonyl (C=O) groups excluding carboxylic acids is 4. The van der Waals surface area contributed by atoms with Crippen LogP contribution >= 0.6 is 0 Å². The number of ether oxygens (including phenoxy) is 4. The van der Waals surface area contributed by atoms with E-state index in [-0.39, 0.29) is 19.8 Å². The second-order valence-electron chi connectivity index (χ2n) is 18.0. The van der Waals surface area contributed by atoms with Crippen LogP contribution in [0.3, 0.4) is 0 Å². The van der Waals surface area contributed by atoms with Crippen LogP contribution in [0.1, 0.15) is 82.7 Å². The topological polar surface area (TPSA) is 171 Å². The average Bonchev–Trinajstić information content (AvgIpc) is 3.92. The molecular weight excluding hydrogens is 781 g/mol. The van der Waals surface area contributed by atoms with Gasteiger partial charge in [-0.2, -0.15) is 0 Å². The van der Waals surface area contributed by atoms with Gasteiger partial charge in [-0.05, 0) is 74.2 Å². The van der Waals surface area contributed by atoms with Crippen LogP contribution in [0, 0.1) is 11.8 Å². The van der Waals surface area contributed by atoms with Gasteiger partial charge in [-0.25, -0.2) is 4.79 Å². The van der Waals surface area contributed by atoms with E-state index in [1.807, 2.05) is 38.1 Å². The van der Waals surface area contributed by atoms with Gasteiger partial charge in [0, 0.05) is 78.7 Å². The summed E-state index contributed by atoms with van der Waals surface area (Å²) in [5.41, 5.74) is -1.03. The molecule has 1 spiro atoms. The van der Waals surface area contributed by atoms with Crippen LogP contribution in [0.15, 0.2) is 48.0 Å². The molecule has 3 N–H and O–H groups in total. The van der Waals surface area contributed by atoms with E-state index in [9.17, 15) is 24.6 Å². The molecule has 3 aromatic rings. The maximum atomic E-state index is 15.3. The maximum absolute atomic E-state index is 15.3. The third kappa shape index (κ3) is 5.80. The van der Waals surface area contributed by atoms with Gasteiger partial charge < -0.3 is 39.0 Å². The minimum Gasteiger partial charge on any atom is -0.496 e. The van der Waals surface area contributed by atoms with E-state index in [1.165, 1.54) is 33.2 Å². The van der Waals surface area contributed by atoms with Gasteiger partial charge >= 0.3 is 17.9 Å². The van der Waals surface area contributed by atoms with Crippen molar-refractivity contribution in [3.8, 4) is 5.75 Å². The van der Waals surface area contributed by atoms with Crippen LogP contribution < -0.4 is 9.64 Å². The molecule has 2 saturated heterocycles. The molecule has 1 amide bonds. The molecule has 6 heterocycles. The highest BCUT2D eigenvalue weighted by molar-refractivity contribution is 5.96. The zero-order chi connectivity index (χ0) is 42.5. The van der Waals surface area contributed by atoms with Gasteiger partial charge in [0.1, 0.15) is 11.2 Å². The predicted octanol–water partition coefficient (Wildman–Crippen LogP) is 4.15. The van der Waals surface area contributed by atoms with Crippen LogP contribution in [0.5, 0.6) is 5.75 Å². The molecule has 3 fully saturated rings. The van der Waals surface area contributed by atoms with Crippen LogP contribution in [0.25, 0.3) is 10.9 Å². The molecule has 1 aromatic heterocycles. The lowest BCUT2D eigenvalue weighted by Gasteiger charge is -2.59. The van der Waals surface area contributed by atoms with Crippen LogP contribution in [-0.4, -0.2) is 133 Å². The van der Waals surface area contributed by atoms with E-state index in [0.29, 0.717) is 99.5 Å². The van der Waals surface area contributed by atoms with Crippen molar-refractivity contribution < 1.29 is 48.3 Å². The molecule has 5 unspecified atom stereocenters. The number of nitrogens with one attached hydrogen (secondary N) is 1. The fraction of sp³-hybridized carbons (Fsp3) is 0.574. The molecule has 1 saturated carbocycles. The Morgan fingerprint density at radius 2 is 1.75 bits per heavy atom. The first-order chi connectivity index (χ1) is 28.8. The third-order valence-electron chi connectivity index (χ3n) is 15.3. The van der Waals surface area contributed by atoms with Gasteiger partial charge in [-0.15, -0.1) is 0 Å². The second kappa shape index (κ2) is 15.2. The van der Waals surface area contributed by atoms with Gasteiger partial charge in [0.25, 0.3) is 0 Å². The molecule has 6 aliphatic rings. The van der Waals surface area contributed by atoms with E-state index in [0.717, 1.165) is 22.0 Å². The van der Waals surface area contributed by atoms with Crippen molar-refractivity contribution in [2.45, 2.75) is 107 Å². The SMILES string of the molecule is C.CCC1=CCN2CC[C@]34c5cc([C@@]6(C(=O)OC)CC7CN(CCc8c6[nH]c6ccccc86)CC(O)(CC)C7)c(OC)cc5N(C=O)C3[C@@](O)(C(=O)OC)[C@H](OC(C)=O)C1[C@H]24. The highest BCUT2D eigenvalue weighted by Crippen LogP contribution is 2.65. The molecule has 14 heteroatoms. The lowest BCUT2D eigenvalue weighted by atomic mass is 9.52. The number of amides is 1. The zero-order valence-corrected chi connectivity index (χ0v) is 35.3. The molecule has 14 nitrogen and oxygen atoms in total. The minimum absolute atomic E-state index is 0. The fourth-order valence-electron chi connectivity index (χ4n) is 13.1. The number of hydrogen-bond donors (Lipinski definition) is 3. The first-order valence-corrected chi connectivity index (χ1v) is 21.3. The number of carbonyl (C=O) groups is 4. The number of aromatic amines is 1. The zero-order valence-electron chi connectivity index (χ0n) is 35.3. The number of benzene rings is 2. The third-order valence-corrected chi connectivity index (χ3v) is 15.3. The lowest BCUT2D eigenvalue weighted by Crippen LogP contribution is -2.78. The highest BCUT2D eigenvalue weighted by Gasteiger charge is 2.78. The number of fused-ring (bicyclic) bond motifs is 6. The summed E-state index contributed by atoms with van der Waals surface area (Å²) in [7, 11) is 4.09. The van der Waals surface area contributed by atoms with Crippen molar-refractivity contribution in [1.82, 2.24) is 14.8 Å². The van der Waals surface area contributed by atoms with Gasteiger partial charge in [-0.1, -0.05) is 51.1 Å². The molecule has 2 bridgehead atoms. The van der Waals surface area contributed by atoms with Gasteiger partial charge in [0.2, 0.25) is 12.0 Å². The molecule has 61 heavy (non-hydrogen) atoms. The first kappa shape index (κ1) is 42.9. The van der Waals surface area contributed by atoms with Crippen molar-refractivity contribution in [3.63, 3.8) is 0 Å². The largest absolute Gasteiger partial charge is 0.496 e. The Bertz CT molecular complexity index is 2310. The summed E-state index contributed by atoms with van der Waals surface area (Å²) in [5, 5.41) is 26.2. The lowest BCUT2D eigenvalue weighted by molar-refractivity contribution is -0.212. The minimum atomic E-state index is -2.50. The van der Waals surface area contributed by atoms with E-state index in [4.69, 9.17) is 18.9 Å². The van der Waals surface area contributed by atoms with Crippen LogP contribution in [0.4, 0.5) is 5.69 Å². The van der Waals surface area contributed by atoms with Crippen molar-refractivity contribution >= 4 is 40.9 Å². The Balaban J connectivity index is 0.00000514. The van der Waals surface area contributed by atoms with Crippen molar-refractivity contribution in [3.05, 3.63) is 70.4 Å². The van der Waals surface area contributed by atoms with Crippen molar-refractivity contribution in [2.24, 2.45) is 11.8 Å². The summed E-state index contributed by atoms with van der Waals surface area (Å²) in [6, 6.07) is 10.0. The van der Waals surface area contributed by atoms with Gasteiger partial charge in [0.15, 0.2) is 6.10 Å². The first-order valence-electron chi connectivity index (χ1n) is 21.3. The quantitative estimate of drug-likeness (QED) is 0.128.